The average Bonchev–Trinajstić information content (AvgIpc) is 3.62. The van der Waals surface area contributed by atoms with Gasteiger partial charge in [-0.05, 0) is 105 Å². The van der Waals surface area contributed by atoms with Gasteiger partial charge in [0.1, 0.15) is 0 Å². The van der Waals surface area contributed by atoms with Crippen LogP contribution in [0.5, 0.6) is 0 Å². The van der Waals surface area contributed by atoms with E-state index < -0.39 is 0 Å². The van der Waals surface area contributed by atoms with Crippen LogP contribution in [-0.2, 0) is 0 Å². The minimum Gasteiger partial charge on any atom is -0.333 e. The first-order valence-corrected chi connectivity index (χ1v) is 19.4. The normalized spacial score (nSPS) is 15.5. The molecule has 0 saturated heterocycles. The van der Waals surface area contributed by atoms with E-state index in [1.165, 1.54) is 61.5 Å². The van der Waals surface area contributed by atoms with E-state index in [2.05, 4.69) is 240 Å². The smallest absolute Gasteiger partial charge is 0.0630 e. The van der Waals surface area contributed by atoms with Crippen molar-refractivity contribution in [2.75, 3.05) is 9.80 Å². The Hall–Kier alpha value is -7.16. The van der Waals surface area contributed by atoms with Gasteiger partial charge >= 0.3 is 0 Å². The Balaban J connectivity index is 0.926. The summed E-state index contributed by atoms with van der Waals surface area (Å²) >= 11 is 0. The summed E-state index contributed by atoms with van der Waals surface area (Å²) in [5.41, 5.74) is 17.0. The van der Waals surface area contributed by atoms with Gasteiger partial charge in [-0.25, -0.2) is 0 Å². The van der Waals surface area contributed by atoms with Gasteiger partial charge in [0.15, 0.2) is 0 Å². The number of rotatable bonds is 8. The van der Waals surface area contributed by atoms with Gasteiger partial charge in [0.25, 0.3) is 0 Å². The van der Waals surface area contributed by atoms with Crippen molar-refractivity contribution < 1.29 is 0 Å². The van der Waals surface area contributed by atoms with Gasteiger partial charge in [0.05, 0.1) is 6.04 Å². The lowest BCUT2D eigenvalue weighted by Gasteiger charge is -2.29. The number of para-hydroxylation sites is 2. The maximum Gasteiger partial charge on any atom is 0.0630 e. The summed E-state index contributed by atoms with van der Waals surface area (Å²) in [6, 6.07) is 76.8. The van der Waals surface area contributed by atoms with Crippen LogP contribution in [0.15, 0.2) is 231 Å². The van der Waals surface area contributed by atoms with Gasteiger partial charge in [-0.3, -0.25) is 0 Å². The summed E-state index contributed by atoms with van der Waals surface area (Å²) in [6.07, 6.45) is 7.15. The minimum atomic E-state index is 0.263. The molecule has 2 nitrogen and oxygen atoms in total. The molecule has 8 aromatic rings. The fraction of sp³-hybridized carbons (Fsp3) is 0.0370. The molecule has 0 aromatic heterocycles. The first-order valence-electron chi connectivity index (χ1n) is 19.4. The Morgan fingerprint density at radius 3 is 1.25 bits per heavy atom. The minimum absolute atomic E-state index is 0.263. The van der Waals surface area contributed by atoms with E-state index in [1.54, 1.807) is 0 Å². The highest BCUT2D eigenvalue weighted by Gasteiger charge is 2.38. The predicted molar refractivity (Wildman–Crippen MR) is 236 cm³/mol. The Labute approximate surface area is 329 Å². The second kappa shape index (κ2) is 14.6. The topological polar surface area (TPSA) is 6.48 Å². The molecule has 266 valence electrons. The van der Waals surface area contributed by atoms with Crippen LogP contribution in [0, 0.1) is 0 Å². The van der Waals surface area contributed by atoms with Gasteiger partial charge in [-0.1, -0.05) is 176 Å². The van der Waals surface area contributed by atoms with Crippen molar-refractivity contribution in [1.82, 2.24) is 0 Å². The molecule has 0 N–H and O–H groups in total. The molecule has 0 fully saturated rings. The van der Waals surface area contributed by atoms with E-state index in [-0.39, 0.29) is 6.04 Å². The fourth-order valence-corrected chi connectivity index (χ4v) is 8.40. The summed E-state index contributed by atoms with van der Waals surface area (Å²) < 4.78 is 0. The van der Waals surface area contributed by atoms with Crippen molar-refractivity contribution in [3.8, 4) is 33.4 Å². The molecule has 2 unspecified atom stereocenters. The molecular weight excluding hydrogens is 677 g/mol. The van der Waals surface area contributed by atoms with Crippen LogP contribution in [0.2, 0.25) is 0 Å². The molecule has 56 heavy (non-hydrogen) atoms. The molecule has 0 spiro atoms. The quantitative estimate of drug-likeness (QED) is 0.154. The number of benzene rings is 8. The van der Waals surface area contributed by atoms with Crippen LogP contribution in [0.4, 0.5) is 28.4 Å². The third-order valence-corrected chi connectivity index (χ3v) is 11.2. The van der Waals surface area contributed by atoms with E-state index in [0.29, 0.717) is 5.92 Å². The molecule has 2 aliphatic rings. The van der Waals surface area contributed by atoms with E-state index in [0.717, 1.165) is 17.1 Å². The number of hydrogen-bond acceptors (Lipinski definition) is 2. The molecule has 1 aliphatic carbocycles. The lowest BCUT2D eigenvalue weighted by atomic mass is 9.86. The Morgan fingerprint density at radius 2 is 0.750 bits per heavy atom. The van der Waals surface area contributed by atoms with Crippen LogP contribution >= 0.6 is 0 Å². The number of fused-ring (bicyclic) bond motifs is 3. The summed E-state index contributed by atoms with van der Waals surface area (Å²) in [6.45, 7) is 0. The SMILES string of the molecule is C1=CC2C(C=C1c1ccc(-c3ccc(N(c4ccc(-c5ccccc5)cc4)c4ccc(-c5ccccc5)cc4)cc3)cc1)c1ccccc1N2c1ccccc1. The van der Waals surface area contributed by atoms with E-state index in [9.17, 15) is 0 Å². The second-order valence-corrected chi connectivity index (χ2v) is 14.5. The molecule has 8 aromatic carbocycles. The van der Waals surface area contributed by atoms with Crippen molar-refractivity contribution in [3.63, 3.8) is 0 Å². The van der Waals surface area contributed by atoms with E-state index in [4.69, 9.17) is 0 Å². The maximum atomic E-state index is 2.48. The fourth-order valence-electron chi connectivity index (χ4n) is 8.40. The van der Waals surface area contributed by atoms with E-state index >= 15 is 0 Å². The third kappa shape index (κ3) is 6.32. The highest BCUT2D eigenvalue weighted by molar-refractivity contribution is 5.84. The molecule has 0 saturated carbocycles. The maximum absolute atomic E-state index is 2.48. The van der Waals surface area contributed by atoms with Gasteiger partial charge in [-0.15, -0.1) is 0 Å². The van der Waals surface area contributed by atoms with Gasteiger partial charge in [0, 0.05) is 34.4 Å². The zero-order valence-electron chi connectivity index (χ0n) is 31.0. The van der Waals surface area contributed by atoms with Crippen LogP contribution < -0.4 is 9.80 Å². The third-order valence-electron chi connectivity index (χ3n) is 11.2. The molecule has 0 amide bonds. The molecule has 1 heterocycles. The number of anilines is 5. The highest BCUT2D eigenvalue weighted by atomic mass is 15.2. The number of nitrogens with zero attached hydrogens (tertiary/aromatic N) is 2. The van der Waals surface area contributed by atoms with Gasteiger partial charge < -0.3 is 9.80 Å². The first kappa shape index (κ1) is 33.4. The molecular formula is C54H40N2. The summed E-state index contributed by atoms with van der Waals surface area (Å²) in [5, 5.41) is 0. The average molecular weight is 717 g/mol. The molecule has 0 radical (unpaired) electrons. The van der Waals surface area contributed by atoms with Crippen LogP contribution in [0.25, 0.3) is 39.0 Å². The van der Waals surface area contributed by atoms with Crippen LogP contribution in [0.3, 0.4) is 0 Å². The zero-order chi connectivity index (χ0) is 37.3. The molecule has 1 aliphatic heterocycles. The van der Waals surface area contributed by atoms with Crippen molar-refractivity contribution in [1.29, 1.82) is 0 Å². The lowest BCUT2D eigenvalue weighted by Crippen LogP contribution is -2.28. The molecule has 10 rings (SSSR count). The largest absolute Gasteiger partial charge is 0.333 e. The Morgan fingerprint density at radius 1 is 0.357 bits per heavy atom. The van der Waals surface area contributed by atoms with Gasteiger partial charge in [-0.2, -0.15) is 0 Å². The monoisotopic (exact) mass is 716 g/mol. The van der Waals surface area contributed by atoms with Crippen molar-refractivity contribution in [2.24, 2.45) is 0 Å². The summed E-state index contributed by atoms with van der Waals surface area (Å²) in [4.78, 5) is 4.82. The second-order valence-electron chi connectivity index (χ2n) is 14.5. The number of hydrogen-bond donors (Lipinski definition) is 0. The lowest BCUT2D eigenvalue weighted by molar-refractivity contribution is 0.747. The van der Waals surface area contributed by atoms with Crippen LogP contribution in [0.1, 0.15) is 17.0 Å². The Bertz CT molecular complexity index is 2560. The van der Waals surface area contributed by atoms with Crippen molar-refractivity contribution in [3.05, 3.63) is 242 Å². The zero-order valence-corrected chi connectivity index (χ0v) is 31.0. The Kier molecular flexibility index (Phi) is 8.70. The number of allylic oxidation sites excluding steroid dienone is 2. The van der Waals surface area contributed by atoms with Crippen LogP contribution in [-0.4, -0.2) is 6.04 Å². The first-order chi connectivity index (χ1) is 27.8. The summed E-state index contributed by atoms with van der Waals surface area (Å²) in [7, 11) is 0. The van der Waals surface area contributed by atoms with E-state index in [1.807, 2.05) is 0 Å². The summed E-state index contributed by atoms with van der Waals surface area (Å²) in [5.74, 6) is 0.297. The standard InChI is InChI=1S/C54H40N2/c1-4-12-39(13-5-1)42-24-31-48(32-25-42)55(49-33-26-43(27-34-49)40-14-6-2-7-15-40)50-35-28-44(29-36-50)41-20-22-45(23-21-41)46-30-37-54-52(38-46)51-18-10-11-19-53(51)56(54)47-16-8-3-9-17-47/h1-38,52,54H. The van der Waals surface area contributed by atoms with Crippen molar-refractivity contribution in [2.45, 2.75) is 12.0 Å². The van der Waals surface area contributed by atoms with Crippen molar-refractivity contribution >= 4 is 34.0 Å². The molecule has 2 atom stereocenters. The van der Waals surface area contributed by atoms with Gasteiger partial charge in [0.2, 0.25) is 0 Å². The predicted octanol–water partition coefficient (Wildman–Crippen LogP) is 14.4. The molecule has 0 bridgehead atoms. The highest BCUT2D eigenvalue weighted by Crippen LogP contribution is 2.49. The molecule has 2 heteroatoms.